The van der Waals surface area contributed by atoms with E-state index in [2.05, 4.69) is 17.0 Å². The smallest absolute Gasteiger partial charge is 0.250 e. The van der Waals surface area contributed by atoms with Gasteiger partial charge in [0.2, 0.25) is 10.0 Å². The van der Waals surface area contributed by atoms with E-state index in [1.807, 2.05) is 12.3 Å². The van der Waals surface area contributed by atoms with E-state index in [9.17, 15) is 8.42 Å². The third kappa shape index (κ3) is 4.77. The van der Waals surface area contributed by atoms with Gasteiger partial charge in [-0.1, -0.05) is 33.1 Å². The first-order valence-corrected chi connectivity index (χ1v) is 10.2. The van der Waals surface area contributed by atoms with Crippen molar-refractivity contribution in [1.82, 2.24) is 10.0 Å². The topological polar surface area (TPSA) is 58.2 Å². The molecule has 1 aliphatic carbocycles. The van der Waals surface area contributed by atoms with Crippen molar-refractivity contribution in [3.8, 4) is 0 Å². The van der Waals surface area contributed by atoms with E-state index in [1.54, 1.807) is 6.07 Å². The Bertz CT molecular complexity index is 540. The van der Waals surface area contributed by atoms with Crippen LogP contribution in [-0.4, -0.2) is 21.0 Å². The molecule has 1 heterocycles. The highest BCUT2D eigenvalue weighted by molar-refractivity contribution is 7.91. The summed E-state index contributed by atoms with van der Waals surface area (Å²) in [7, 11) is -3.36. The molecule has 120 valence electrons. The maximum Gasteiger partial charge on any atom is 0.250 e. The third-order valence-corrected chi connectivity index (χ3v) is 7.16. The van der Waals surface area contributed by atoms with Gasteiger partial charge in [0.15, 0.2) is 0 Å². The molecule has 0 radical (unpaired) electrons. The summed E-state index contributed by atoms with van der Waals surface area (Å²) >= 11 is 1.31. The van der Waals surface area contributed by atoms with E-state index in [0.29, 0.717) is 10.1 Å². The van der Waals surface area contributed by atoms with Crippen LogP contribution in [0.1, 0.15) is 51.5 Å². The maximum atomic E-state index is 12.5. The average Bonchev–Trinajstić information content (AvgIpc) is 2.94. The summed E-state index contributed by atoms with van der Waals surface area (Å²) in [4.78, 5) is 0. The highest BCUT2D eigenvalue weighted by atomic mass is 32.2. The lowest BCUT2D eigenvalue weighted by molar-refractivity contribution is 0.301. The number of hydrogen-bond donors (Lipinski definition) is 2. The first-order chi connectivity index (χ1) is 10.0. The van der Waals surface area contributed by atoms with Crippen LogP contribution >= 0.6 is 11.3 Å². The predicted octanol–water partition coefficient (Wildman–Crippen LogP) is 3.10. The molecule has 4 nitrogen and oxygen atoms in total. The zero-order valence-electron chi connectivity index (χ0n) is 12.9. The van der Waals surface area contributed by atoms with E-state index >= 15 is 0 Å². The fourth-order valence-electron chi connectivity index (χ4n) is 2.90. The second-order valence-corrected chi connectivity index (χ2v) is 8.67. The lowest BCUT2D eigenvalue weighted by Crippen LogP contribution is -2.38. The van der Waals surface area contributed by atoms with Crippen molar-refractivity contribution in [2.24, 2.45) is 5.92 Å². The van der Waals surface area contributed by atoms with Gasteiger partial charge in [-0.25, -0.2) is 13.1 Å². The minimum Gasteiger partial charge on any atom is -0.313 e. The number of sulfonamides is 1. The van der Waals surface area contributed by atoms with Crippen LogP contribution in [0.2, 0.25) is 0 Å². The zero-order chi connectivity index (χ0) is 15.3. The summed E-state index contributed by atoms with van der Waals surface area (Å²) in [5.74, 6) is 0.666. The Kier molecular flexibility index (Phi) is 6.22. The molecule has 1 aromatic rings. The maximum absolute atomic E-state index is 12.5. The lowest BCUT2D eigenvalue weighted by Gasteiger charge is -2.28. The molecule has 6 heteroatoms. The van der Waals surface area contributed by atoms with Crippen LogP contribution in [0.4, 0.5) is 0 Å². The fourth-order valence-corrected chi connectivity index (χ4v) is 5.41. The second kappa shape index (κ2) is 7.72. The number of hydrogen-bond acceptors (Lipinski definition) is 4. The first-order valence-electron chi connectivity index (χ1n) is 7.85. The molecule has 1 saturated carbocycles. The Labute approximate surface area is 132 Å². The van der Waals surface area contributed by atoms with Gasteiger partial charge in [-0.2, -0.15) is 0 Å². The van der Waals surface area contributed by atoms with E-state index in [1.165, 1.54) is 17.8 Å². The largest absolute Gasteiger partial charge is 0.313 e. The van der Waals surface area contributed by atoms with E-state index in [4.69, 9.17) is 0 Å². The molecule has 2 atom stereocenters. The van der Waals surface area contributed by atoms with Crippen molar-refractivity contribution < 1.29 is 8.42 Å². The minimum atomic E-state index is -3.36. The summed E-state index contributed by atoms with van der Waals surface area (Å²) in [5, 5.41) is 5.14. The van der Waals surface area contributed by atoms with Gasteiger partial charge in [0.1, 0.15) is 4.21 Å². The zero-order valence-corrected chi connectivity index (χ0v) is 14.5. The molecule has 0 amide bonds. The van der Waals surface area contributed by atoms with E-state index < -0.39 is 10.0 Å². The van der Waals surface area contributed by atoms with Crippen LogP contribution in [0.5, 0.6) is 0 Å². The highest BCUT2D eigenvalue weighted by Crippen LogP contribution is 2.28. The third-order valence-electron chi connectivity index (χ3n) is 4.16. The SMILES string of the molecule is CCNCc1csc(S(=O)(=O)NC2CCCC(CC)C2)c1. The molecule has 1 fully saturated rings. The van der Waals surface area contributed by atoms with Crippen LogP contribution in [0.15, 0.2) is 15.7 Å². The molecule has 21 heavy (non-hydrogen) atoms. The lowest BCUT2D eigenvalue weighted by atomic mass is 9.85. The molecule has 1 aromatic heterocycles. The molecule has 0 spiro atoms. The van der Waals surface area contributed by atoms with Crippen molar-refractivity contribution in [3.05, 3.63) is 17.0 Å². The van der Waals surface area contributed by atoms with Gasteiger partial charge < -0.3 is 5.32 Å². The van der Waals surface area contributed by atoms with E-state index in [0.717, 1.165) is 44.3 Å². The molecule has 2 unspecified atom stereocenters. The van der Waals surface area contributed by atoms with Gasteiger partial charge in [0.05, 0.1) is 0 Å². The van der Waals surface area contributed by atoms with Crippen LogP contribution in [-0.2, 0) is 16.6 Å². The molecule has 0 aromatic carbocycles. The Morgan fingerprint density at radius 3 is 2.86 bits per heavy atom. The summed E-state index contributed by atoms with van der Waals surface area (Å²) in [6.07, 6.45) is 5.45. The summed E-state index contributed by atoms with van der Waals surface area (Å²) in [6.45, 7) is 5.84. The quantitative estimate of drug-likeness (QED) is 0.807. The minimum absolute atomic E-state index is 0.105. The van der Waals surface area contributed by atoms with Crippen LogP contribution in [0.3, 0.4) is 0 Å². The Hall–Kier alpha value is -0.430. The van der Waals surface area contributed by atoms with Gasteiger partial charge in [-0.15, -0.1) is 11.3 Å². The van der Waals surface area contributed by atoms with Gasteiger partial charge in [0, 0.05) is 12.6 Å². The van der Waals surface area contributed by atoms with Crippen LogP contribution in [0, 0.1) is 5.92 Å². The summed E-state index contributed by atoms with van der Waals surface area (Å²) in [5.41, 5.74) is 1.04. The number of thiophene rings is 1. The van der Waals surface area contributed by atoms with Gasteiger partial charge >= 0.3 is 0 Å². The Morgan fingerprint density at radius 2 is 2.14 bits per heavy atom. The summed E-state index contributed by atoms with van der Waals surface area (Å²) < 4.78 is 28.3. The average molecular weight is 331 g/mol. The van der Waals surface area contributed by atoms with Crippen molar-refractivity contribution in [1.29, 1.82) is 0 Å². The molecule has 0 aliphatic heterocycles. The monoisotopic (exact) mass is 330 g/mol. The molecule has 0 bridgehead atoms. The summed E-state index contributed by atoms with van der Waals surface area (Å²) in [6, 6.07) is 1.89. The molecule has 2 N–H and O–H groups in total. The van der Waals surface area contributed by atoms with Crippen molar-refractivity contribution in [2.45, 2.75) is 62.7 Å². The Morgan fingerprint density at radius 1 is 1.33 bits per heavy atom. The number of nitrogens with one attached hydrogen (secondary N) is 2. The molecular formula is C15H26N2O2S2. The molecular weight excluding hydrogens is 304 g/mol. The van der Waals surface area contributed by atoms with E-state index in [-0.39, 0.29) is 6.04 Å². The van der Waals surface area contributed by atoms with Gasteiger partial charge in [-0.3, -0.25) is 0 Å². The number of rotatable bonds is 7. The Balaban J connectivity index is 1.99. The molecule has 2 rings (SSSR count). The van der Waals surface area contributed by atoms with Crippen molar-refractivity contribution in [3.63, 3.8) is 0 Å². The fraction of sp³-hybridized carbons (Fsp3) is 0.733. The second-order valence-electron chi connectivity index (χ2n) is 5.81. The standard InChI is InChI=1S/C15H26N2O2S2/c1-3-12-6-5-7-14(8-12)17-21(18,19)15-9-13(11-20-15)10-16-4-2/h9,11-12,14,16-17H,3-8,10H2,1-2H3. The van der Waals surface area contributed by atoms with Gasteiger partial charge in [0.25, 0.3) is 0 Å². The van der Waals surface area contributed by atoms with Crippen LogP contribution in [0.25, 0.3) is 0 Å². The van der Waals surface area contributed by atoms with Crippen molar-refractivity contribution in [2.75, 3.05) is 6.54 Å². The van der Waals surface area contributed by atoms with Gasteiger partial charge in [-0.05, 0) is 42.3 Å². The molecule has 1 aliphatic rings. The van der Waals surface area contributed by atoms with Crippen LogP contribution < -0.4 is 10.0 Å². The highest BCUT2D eigenvalue weighted by Gasteiger charge is 2.26. The molecule has 0 saturated heterocycles. The normalized spacial score (nSPS) is 23.3. The van der Waals surface area contributed by atoms with Crippen molar-refractivity contribution >= 4 is 21.4 Å². The first kappa shape index (κ1) is 16.9. The predicted molar refractivity (Wildman–Crippen MR) is 88.1 cm³/mol.